The molecule has 1 fully saturated rings. The molecule has 2 N–H and O–H groups in total. The van der Waals surface area contributed by atoms with Gasteiger partial charge in [-0.1, -0.05) is 24.9 Å². The smallest absolute Gasteiger partial charge is 0.314 e. The fourth-order valence-corrected chi connectivity index (χ4v) is 4.46. The van der Waals surface area contributed by atoms with Crippen LogP contribution in [0.1, 0.15) is 51.0 Å². The van der Waals surface area contributed by atoms with E-state index in [2.05, 4.69) is 34.7 Å². The summed E-state index contributed by atoms with van der Waals surface area (Å²) in [5, 5.41) is 2.12. The SMILES string of the molecule is CCCCn1cc(C2CCN(CCN(CC)C(N)=O)CC2)c2cc(Cl)ccc21. The molecular formula is C22H33ClN4O. The van der Waals surface area contributed by atoms with Crippen LogP contribution >= 0.6 is 11.6 Å². The number of fused-ring (bicyclic) bond motifs is 1. The van der Waals surface area contributed by atoms with E-state index in [0.29, 0.717) is 19.0 Å². The molecule has 1 saturated heterocycles. The second-order valence-electron chi connectivity index (χ2n) is 7.83. The third kappa shape index (κ3) is 4.81. The highest BCUT2D eigenvalue weighted by Crippen LogP contribution is 2.35. The first-order chi connectivity index (χ1) is 13.5. The van der Waals surface area contributed by atoms with Gasteiger partial charge in [0.25, 0.3) is 0 Å². The summed E-state index contributed by atoms with van der Waals surface area (Å²) in [6.45, 7) is 9.66. The third-order valence-electron chi connectivity index (χ3n) is 6.03. The monoisotopic (exact) mass is 404 g/mol. The number of aromatic nitrogens is 1. The quantitative estimate of drug-likeness (QED) is 0.694. The first kappa shape index (κ1) is 21.0. The molecule has 1 aromatic heterocycles. The number of halogens is 1. The van der Waals surface area contributed by atoms with E-state index in [0.717, 1.165) is 44.0 Å². The Bertz CT molecular complexity index is 795. The predicted molar refractivity (Wildman–Crippen MR) is 117 cm³/mol. The van der Waals surface area contributed by atoms with Crippen LogP contribution in [0.25, 0.3) is 10.9 Å². The number of likely N-dealkylation sites (N-methyl/N-ethyl adjacent to an activating group) is 1. The molecule has 0 unspecified atom stereocenters. The van der Waals surface area contributed by atoms with E-state index in [-0.39, 0.29) is 6.03 Å². The average Bonchev–Trinajstić information content (AvgIpc) is 3.04. The van der Waals surface area contributed by atoms with E-state index >= 15 is 0 Å². The summed E-state index contributed by atoms with van der Waals surface area (Å²) in [6, 6.07) is 5.97. The van der Waals surface area contributed by atoms with Gasteiger partial charge in [-0.3, -0.25) is 0 Å². The van der Waals surface area contributed by atoms with Crippen molar-refractivity contribution in [2.24, 2.45) is 5.73 Å². The lowest BCUT2D eigenvalue weighted by Gasteiger charge is -2.33. The van der Waals surface area contributed by atoms with Gasteiger partial charge in [0.15, 0.2) is 0 Å². The number of unbranched alkanes of at least 4 members (excludes halogenated alkanes) is 1. The summed E-state index contributed by atoms with van der Waals surface area (Å²) >= 11 is 6.32. The first-order valence-corrected chi connectivity index (χ1v) is 11.0. The van der Waals surface area contributed by atoms with Gasteiger partial charge in [-0.2, -0.15) is 0 Å². The number of hydrogen-bond acceptors (Lipinski definition) is 2. The molecule has 0 radical (unpaired) electrons. The lowest BCUT2D eigenvalue weighted by molar-refractivity contribution is 0.175. The zero-order valence-corrected chi connectivity index (χ0v) is 17.9. The molecular weight excluding hydrogens is 372 g/mol. The number of likely N-dealkylation sites (tertiary alicyclic amines) is 1. The number of nitrogens with two attached hydrogens (primary N) is 1. The number of benzene rings is 1. The summed E-state index contributed by atoms with van der Waals surface area (Å²) in [5.41, 5.74) is 8.16. The summed E-state index contributed by atoms with van der Waals surface area (Å²) in [4.78, 5) is 15.5. The maximum Gasteiger partial charge on any atom is 0.314 e. The highest BCUT2D eigenvalue weighted by atomic mass is 35.5. The Labute approximate surface area is 173 Å². The maximum absolute atomic E-state index is 11.4. The molecule has 0 bridgehead atoms. The zero-order valence-electron chi connectivity index (χ0n) is 17.2. The summed E-state index contributed by atoms with van der Waals surface area (Å²) in [6.07, 6.45) is 7.03. The van der Waals surface area contributed by atoms with Crippen molar-refractivity contribution < 1.29 is 4.79 Å². The molecule has 1 aromatic carbocycles. The van der Waals surface area contributed by atoms with Crippen LogP contribution in [0, 0.1) is 0 Å². The fourth-order valence-electron chi connectivity index (χ4n) is 4.29. The van der Waals surface area contributed by atoms with Crippen LogP contribution < -0.4 is 5.73 Å². The number of amides is 2. The lowest BCUT2D eigenvalue weighted by atomic mass is 9.89. The Morgan fingerprint density at radius 3 is 2.64 bits per heavy atom. The molecule has 2 aromatic rings. The van der Waals surface area contributed by atoms with Crippen LogP contribution in [-0.2, 0) is 6.54 Å². The van der Waals surface area contributed by atoms with Gasteiger partial charge in [-0.25, -0.2) is 4.79 Å². The molecule has 5 nitrogen and oxygen atoms in total. The minimum absolute atomic E-state index is 0.325. The van der Waals surface area contributed by atoms with E-state index in [1.54, 1.807) is 4.90 Å². The summed E-state index contributed by atoms with van der Waals surface area (Å²) in [7, 11) is 0. The second-order valence-corrected chi connectivity index (χ2v) is 8.26. The van der Waals surface area contributed by atoms with Gasteiger partial charge in [0.05, 0.1) is 0 Å². The molecule has 154 valence electrons. The Morgan fingerprint density at radius 1 is 1.25 bits per heavy atom. The van der Waals surface area contributed by atoms with Crippen LogP contribution in [0.2, 0.25) is 5.02 Å². The molecule has 0 atom stereocenters. The standard InChI is InChI=1S/C22H33ClN4O/c1-3-5-10-27-16-20(19-15-18(23)6-7-21(19)27)17-8-11-25(12-9-17)13-14-26(4-2)22(24)28/h6-7,15-17H,3-5,8-14H2,1-2H3,(H2,24,28). The van der Waals surface area contributed by atoms with Gasteiger partial charge < -0.3 is 20.1 Å². The molecule has 1 aliphatic heterocycles. The molecule has 6 heteroatoms. The lowest BCUT2D eigenvalue weighted by Crippen LogP contribution is -2.43. The molecule has 2 amide bonds. The maximum atomic E-state index is 11.4. The number of primary amides is 1. The van der Waals surface area contributed by atoms with Gasteiger partial charge in [-0.15, -0.1) is 0 Å². The van der Waals surface area contributed by atoms with Crippen LogP contribution in [0.15, 0.2) is 24.4 Å². The molecule has 1 aliphatic rings. The molecule has 0 spiro atoms. The topological polar surface area (TPSA) is 54.5 Å². The van der Waals surface area contributed by atoms with Gasteiger partial charge in [0.2, 0.25) is 0 Å². The molecule has 2 heterocycles. The van der Waals surface area contributed by atoms with Crippen LogP contribution in [0.5, 0.6) is 0 Å². The number of hydrogen-bond donors (Lipinski definition) is 1. The van der Waals surface area contributed by atoms with Crippen molar-refractivity contribution in [2.75, 3.05) is 32.7 Å². The molecule has 28 heavy (non-hydrogen) atoms. The van der Waals surface area contributed by atoms with E-state index in [4.69, 9.17) is 17.3 Å². The number of carbonyl (C=O) groups excluding carboxylic acids is 1. The summed E-state index contributed by atoms with van der Waals surface area (Å²) < 4.78 is 2.41. The van der Waals surface area contributed by atoms with Crippen molar-refractivity contribution in [1.29, 1.82) is 0 Å². The average molecular weight is 405 g/mol. The predicted octanol–water partition coefficient (Wildman–Crippen LogP) is 4.67. The Morgan fingerprint density at radius 2 is 2.00 bits per heavy atom. The van der Waals surface area contributed by atoms with Gasteiger partial charge >= 0.3 is 6.03 Å². The van der Waals surface area contributed by atoms with Gasteiger partial charge in [-0.05, 0) is 69.0 Å². The van der Waals surface area contributed by atoms with Crippen LogP contribution in [-0.4, -0.2) is 53.1 Å². The van der Waals surface area contributed by atoms with Crippen molar-refractivity contribution in [3.63, 3.8) is 0 Å². The number of rotatable bonds is 8. The third-order valence-corrected chi connectivity index (χ3v) is 6.27. The van der Waals surface area contributed by atoms with E-state index < -0.39 is 0 Å². The van der Waals surface area contributed by atoms with Crippen molar-refractivity contribution in [3.05, 3.63) is 35.0 Å². The van der Waals surface area contributed by atoms with Crippen molar-refractivity contribution in [2.45, 2.75) is 52.0 Å². The Kier molecular flexibility index (Phi) is 7.24. The highest BCUT2D eigenvalue weighted by molar-refractivity contribution is 6.31. The Hall–Kier alpha value is -1.72. The number of urea groups is 1. The normalized spacial score (nSPS) is 16.0. The minimum Gasteiger partial charge on any atom is -0.351 e. The molecule has 3 rings (SSSR count). The fraction of sp³-hybridized carbons (Fsp3) is 0.591. The number of aryl methyl sites for hydroxylation is 1. The highest BCUT2D eigenvalue weighted by Gasteiger charge is 2.24. The van der Waals surface area contributed by atoms with E-state index in [1.807, 2.05) is 13.0 Å². The molecule has 0 saturated carbocycles. The van der Waals surface area contributed by atoms with Crippen molar-refractivity contribution in [1.82, 2.24) is 14.4 Å². The number of carbonyl (C=O) groups is 1. The largest absolute Gasteiger partial charge is 0.351 e. The second kappa shape index (κ2) is 9.66. The van der Waals surface area contributed by atoms with Crippen molar-refractivity contribution in [3.8, 4) is 0 Å². The van der Waals surface area contributed by atoms with Crippen LogP contribution in [0.4, 0.5) is 4.79 Å². The summed E-state index contributed by atoms with van der Waals surface area (Å²) in [5.74, 6) is 0.568. The number of nitrogens with zero attached hydrogens (tertiary/aromatic N) is 3. The van der Waals surface area contributed by atoms with E-state index in [1.165, 1.54) is 29.3 Å². The first-order valence-electron chi connectivity index (χ1n) is 10.6. The minimum atomic E-state index is -0.325. The molecule has 0 aliphatic carbocycles. The van der Waals surface area contributed by atoms with E-state index in [9.17, 15) is 4.79 Å². The van der Waals surface area contributed by atoms with Crippen molar-refractivity contribution >= 4 is 28.5 Å². The van der Waals surface area contributed by atoms with Crippen LogP contribution in [0.3, 0.4) is 0 Å². The van der Waals surface area contributed by atoms with Gasteiger partial charge in [0.1, 0.15) is 0 Å². The Balaban J connectivity index is 1.67. The van der Waals surface area contributed by atoms with Gasteiger partial charge in [0, 0.05) is 48.3 Å². The zero-order chi connectivity index (χ0) is 20.1. The number of piperidine rings is 1.